The molecule has 0 aliphatic carbocycles. The second-order valence-electron chi connectivity index (χ2n) is 5.01. The molecule has 1 N–H and O–H groups in total. The molecule has 0 bridgehead atoms. The van der Waals surface area contributed by atoms with Crippen molar-refractivity contribution in [2.24, 2.45) is 7.05 Å². The molecule has 4 heteroatoms. The first-order valence-corrected chi connectivity index (χ1v) is 7.93. The van der Waals surface area contributed by atoms with Gasteiger partial charge in [-0.05, 0) is 43.0 Å². The van der Waals surface area contributed by atoms with Crippen LogP contribution in [0.3, 0.4) is 0 Å². The van der Waals surface area contributed by atoms with E-state index in [-0.39, 0.29) is 0 Å². The van der Waals surface area contributed by atoms with Gasteiger partial charge in [-0.2, -0.15) is 5.10 Å². The number of halogens is 1. The van der Waals surface area contributed by atoms with Gasteiger partial charge < -0.3 is 5.32 Å². The second-order valence-corrected chi connectivity index (χ2v) is 5.87. The number of hydrogen-bond acceptors (Lipinski definition) is 2. The third kappa shape index (κ3) is 3.93. The van der Waals surface area contributed by atoms with Crippen LogP contribution >= 0.6 is 15.9 Å². The Morgan fingerprint density at radius 1 is 1.30 bits per heavy atom. The molecule has 0 saturated carbocycles. The lowest BCUT2D eigenvalue weighted by atomic mass is 9.93. The Hall–Kier alpha value is -1.13. The quantitative estimate of drug-likeness (QED) is 0.839. The molecule has 1 heterocycles. The van der Waals surface area contributed by atoms with E-state index < -0.39 is 0 Å². The first-order chi connectivity index (χ1) is 9.72. The Balaban J connectivity index is 2.08. The van der Waals surface area contributed by atoms with Crippen molar-refractivity contribution in [3.63, 3.8) is 0 Å². The number of aryl methyl sites for hydroxylation is 2. The molecule has 108 valence electrons. The minimum absolute atomic E-state index is 0.514. The Bertz CT molecular complexity index is 536. The molecule has 0 aliphatic rings. The summed E-state index contributed by atoms with van der Waals surface area (Å²) in [6.07, 6.45) is 4.04. The van der Waals surface area contributed by atoms with Gasteiger partial charge in [-0.1, -0.05) is 41.1 Å². The lowest BCUT2D eigenvalue weighted by Gasteiger charge is -2.19. The van der Waals surface area contributed by atoms with Gasteiger partial charge in [0, 0.05) is 30.0 Å². The van der Waals surface area contributed by atoms with E-state index in [1.54, 1.807) is 0 Å². The summed E-state index contributed by atoms with van der Waals surface area (Å²) in [6.45, 7) is 4.17. The third-order valence-corrected chi connectivity index (χ3v) is 4.38. The summed E-state index contributed by atoms with van der Waals surface area (Å²) in [5, 5.41) is 7.71. The van der Waals surface area contributed by atoms with Gasteiger partial charge in [-0.25, -0.2) is 0 Å². The maximum absolute atomic E-state index is 4.24. The second kappa shape index (κ2) is 7.60. The topological polar surface area (TPSA) is 29.9 Å². The van der Waals surface area contributed by atoms with Crippen LogP contribution in [0.1, 0.15) is 30.5 Å². The van der Waals surface area contributed by atoms with E-state index in [1.165, 1.54) is 15.7 Å². The fourth-order valence-corrected chi connectivity index (χ4v) is 3.07. The highest BCUT2D eigenvalue weighted by molar-refractivity contribution is 9.10. The lowest BCUT2D eigenvalue weighted by molar-refractivity contribution is 0.548. The van der Waals surface area contributed by atoms with Gasteiger partial charge in [-0.3, -0.25) is 4.68 Å². The summed E-state index contributed by atoms with van der Waals surface area (Å²) in [4.78, 5) is 0. The number of nitrogens with one attached hydrogen (secondary N) is 1. The van der Waals surface area contributed by atoms with E-state index in [2.05, 4.69) is 63.6 Å². The van der Waals surface area contributed by atoms with Crippen LogP contribution in [0, 0.1) is 0 Å². The molecule has 1 unspecified atom stereocenters. The number of hydrogen-bond donors (Lipinski definition) is 1. The Morgan fingerprint density at radius 3 is 2.75 bits per heavy atom. The standard InChI is InChI=1S/C16H22BrN3/c1-3-18-12-13(15-6-4-5-7-16(15)17)8-9-14-10-11-19-20(14)2/h4-7,10-11,13,18H,3,8-9,12H2,1-2H3. The Kier molecular flexibility index (Phi) is 5.80. The molecule has 0 fully saturated rings. The van der Waals surface area contributed by atoms with Crippen LogP contribution in [-0.4, -0.2) is 22.9 Å². The van der Waals surface area contributed by atoms with Crippen LogP contribution in [0.15, 0.2) is 41.0 Å². The van der Waals surface area contributed by atoms with E-state index in [0.29, 0.717) is 5.92 Å². The largest absolute Gasteiger partial charge is 0.316 e. The molecule has 0 aliphatic heterocycles. The molecule has 1 atom stereocenters. The first kappa shape index (κ1) is 15.3. The molecule has 2 rings (SSSR count). The zero-order valence-electron chi connectivity index (χ0n) is 12.1. The number of likely N-dealkylation sites (N-methyl/N-ethyl adjacent to an activating group) is 1. The lowest BCUT2D eigenvalue weighted by Crippen LogP contribution is -2.22. The van der Waals surface area contributed by atoms with E-state index in [9.17, 15) is 0 Å². The molecule has 2 aromatic rings. The maximum Gasteiger partial charge on any atom is 0.0492 e. The SMILES string of the molecule is CCNCC(CCc1ccnn1C)c1ccccc1Br. The molecule has 20 heavy (non-hydrogen) atoms. The van der Waals surface area contributed by atoms with Gasteiger partial charge in [0.05, 0.1) is 0 Å². The van der Waals surface area contributed by atoms with Gasteiger partial charge in [0.15, 0.2) is 0 Å². The molecule has 0 radical (unpaired) electrons. The van der Waals surface area contributed by atoms with E-state index in [1.807, 2.05) is 17.9 Å². The van der Waals surface area contributed by atoms with Gasteiger partial charge >= 0.3 is 0 Å². The summed E-state index contributed by atoms with van der Waals surface area (Å²) in [5.74, 6) is 0.514. The summed E-state index contributed by atoms with van der Waals surface area (Å²) >= 11 is 3.68. The average molecular weight is 336 g/mol. The first-order valence-electron chi connectivity index (χ1n) is 7.14. The highest BCUT2D eigenvalue weighted by Crippen LogP contribution is 2.28. The molecular formula is C16H22BrN3. The normalized spacial score (nSPS) is 12.6. The number of nitrogens with zero attached hydrogens (tertiary/aromatic N) is 2. The molecule has 0 saturated heterocycles. The summed E-state index contributed by atoms with van der Waals surface area (Å²) in [7, 11) is 2.01. The van der Waals surface area contributed by atoms with E-state index >= 15 is 0 Å². The van der Waals surface area contributed by atoms with Crippen LogP contribution in [0.2, 0.25) is 0 Å². The van der Waals surface area contributed by atoms with Crippen LogP contribution in [0.25, 0.3) is 0 Å². The fraction of sp³-hybridized carbons (Fsp3) is 0.438. The van der Waals surface area contributed by atoms with Crippen molar-refractivity contribution >= 4 is 15.9 Å². The van der Waals surface area contributed by atoms with Crippen LogP contribution in [0.4, 0.5) is 0 Å². The number of rotatable bonds is 7. The van der Waals surface area contributed by atoms with Crippen molar-refractivity contribution in [3.8, 4) is 0 Å². The van der Waals surface area contributed by atoms with E-state index in [4.69, 9.17) is 0 Å². The van der Waals surface area contributed by atoms with Crippen molar-refractivity contribution in [2.75, 3.05) is 13.1 Å². The minimum Gasteiger partial charge on any atom is -0.316 e. The van der Waals surface area contributed by atoms with Gasteiger partial charge in [0.2, 0.25) is 0 Å². The molecular weight excluding hydrogens is 314 g/mol. The van der Waals surface area contributed by atoms with Crippen LogP contribution < -0.4 is 5.32 Å². The fourth-order valence-electron chi connectivity index (χ4n) is 2.46. The van der Waals surface area contributed by atoms with Crippen LogP contribution in [0.5, 0.6) is 0 Å². The summed E-state index contributed by atoms with van der Waals surface area (Å²) in [6, 6.07) is 10.6. The van der Waals surface area contributed by atoms with Gasteiger partial charge in [0.25, 0.3) is 0 Å². The predicted octanol–water partition coefficient (Wildman–Crippen LogP) is 3.51. The number of aromatic nitrogens is 2. The summed E-state index contributed by atoms with van der Waals surface area (Å²) < 4.78 is 3.16. The average Bonchev–Trinajstić information content (AvgIpc) is 2.86. The predicted molar refractivity (Wildman–Crippen MR) is 87.0 cm³/mol. The van der Waals surface area contributed by atoms with Crippen molar-refractivity contribution < 1.29 is 0 Å². The molecule has 0 spiro atoms. The zero-order valence-corrected chi connectivity index (χ0v) is 13.7. The zero-order chi connectivity index (χ0) is 14.4. The monoisotopic (exact) mass is 335 g/mol. The summed E-state index contributed by atoms with van der Waals surface area (Å²) in [5.41, 5.74) is 2.68. The van der Waals surface area contributed by atoms with Crippen molar-refractivity contribution in [1.29, 1.82) is 0 Å². The Morgan fingerprint density at radius 2 is 2.10 bits per heavy atom. The molecule has 1 aromatic heterocycles. The Labute approximate surface area is 129 Å². The van der Waals surface area contributed by atoms with Gasteiger partial charge in [-0.15, -0.1) is 0 Å². The smallest absolute Gasteiger partial charge is 0.0492 e. The molecule has 1 aromatic carbocycles. The highest BCUT2D eigenvalue weighted by Gasteiger charge is 2.14. The molecule has 0 amide bonds. The van der Waals surface area contributed by atoms with Gasteiger partial charge in [0.1, 0.15) is 0 Å². The van der Waals surface area contributed by atoms with Crippen molar-refractivity contribution in [2.45, 2.75) is 25.7 Å². The number of benzene rings is 1. The highest BCUT2D eigenvalue weighted by atomic mass is 79.9. The molecule has 3 nitrogen and oxygen atoms in total. The van der Waals surface area contributed by atoms with Crippen LogP contribution in [-0.2, 0) is 13.5 Å². The third-order valence-electron chi connectivity index (χ3n) is 3.66. The maximum atomic E-state index is 4.24. The minimum atomic E-state index is 0.514. The van der Waals surface area contributed by atoms with Crippen molar-refractivity contribution in [1.82, 2.24) is 15.1 Å². The van der Waals surface area contributed by atoms with Crippen molar-refractivity contribution in [3.05, 3.63) is 52.3 Å². The van der Waals surface area contributed by atoms with E-state index in [0.717, 1.165) is 25.9 Å².